The second-order valence-corrected chi connectivity index (χ2v) is 9.13. The summed E-state index contributed by atoms with van der Waals surface area (Å²) in [6, 6.07) is 11.4. The van der Waals surface area contributed by atoms with Gasteiger partial charge in [0.15, 0.2) is 10.6 Å². The van der Waals surface area contributed by atoms with E-state index < -0.39 is 6.04 Å². The van der Waals surface area contributed by atoms with Crippen molar-refractivity contribution in [2.45, 2.75) is 19.9 Å². The molecule has 0 amide bonds. The number of thiophene rings is 1. The Labute approximate surface area is 176 Å². The Balaban J connectivity index is 1.95. The van der Waals surface area contributed by atoms with Crippen LogP contribution in [0.25, 0.3) is 6.08 Å². The van der Waals surface area contributed by atoms with Gasteiger partial charge in [-0.2, -0.15) is 0 Å². The molecule has 0 N–H and O–H groups in total. The van der Waals surface area contributed by atoms with E-state index in [0.717, 1.165) is 16.1 Å². The number of hydrogen-bond donors (Lipinski definition) is 0. The van der Waals surface area contributed by atoms with E-state index in [4.69, 9.17) is 0 Å². The van der Waals surface area contributed by atoms with E-state index in [-0.39, 0.29) is 11.3 Å². The fourth-order valence-corrected chi connectivity index (χ4v) is 5.31. The van der Waals surface area contributed by atoms with Crippen molar-refractivity contribution in [3.63, 3.8) is 0 Å². The quantitative estimate of drug-likeness (QED) is 0.648. The van der Waals surface area contributed by atoms with E-state index in [1.54, 1.807) is 15.9 Å². The molecule has 1 aromatic carbocycles. The van der Waals surface area contributed by atoms with Gasteiger partial charge in [0.1, 0.15) is 0 Å². The van der Waals surface area contributed by atoms with Crippen LogP contribution in [0.15, 0.2) is 62.8 Å². The van der Waals surface area contributed by atoms with Crippen LogP contribution in [0.5, 0.6) is 0 Å². The van der Waals surface area contributed by atoms with Crippen molar-refractivity contribution < 1.29 is 4.79 Å². The van der Waals surface area contributed by atoms with Gasteiger partial charge in [-0.05, 0) is 49.1 Å². The molecule has 0 bridgehead atoms. The molecule has 7 heteroatoms. The Morgan fingerprint density at radius 2 is 1.93 bits per heavy atom. The molecule has 3 heterocycles. The number of fused-ring (bicyclic) bond motifs is 1. The van der Waals surface area contributed by atoms with Gasteiger partial charge in [-0.25, -0.2) is 4.99 Å². The van der Waals surface area contributed by atoms with Gasteiger partial charge < -0.3 is 4.90 Å². The normalized spacial score (nSPS) is 16.6. The van der Waals surface area contributed by atoms with Crippen LogP contribution >= 0.6 is 22.7 Å². The summed E-state index contributed by atoms with van der Waals surface area (Å²) in [4.78, 5) is 34.1. The first-order chi connectivity index (χ1) is 13.9. The number of hydrogen-bond acceptors (Lipinski definition) is 6. The van der Waals surface area contributed by atoms with Crippen LogP contribution in [-0.4, -0.2) is 24.4 Å². The summed E-state index contributed by atoms with van der Waals surface area (Å²) < 4.78 is 2.29. The van der Waals surface area contributed by atoms with E-state index in [9.17, 15) is 9.59 Å². The molecule has 1 aliphatic rings. The smallest absolute Gasteiger partial charge is 0.271 e. The molecule has 0 aliphatic carbocycles. The molecule has 0 radical (unpaired) electrons. The highest BCUT2D eigenvalue weighted by Gasteiger charge is 2.30. The van der Waals surface area contributed by atoms with Gasteiger partial charge in [0.25, 0.3) is 5.56 Å². The number of rotatable bonds is 4. The SMILES string of the molecule is CC(=O)C1=C(C)N=c2s/c(=C/c3cccs3)c(=O)n2[C@@H]1c1ccc(N(C)C)cc1. The number of aromatic nitrogens is 1. The van der Waals surface area contributed by atoms with Gasteiger partial charge in [0.2, 0.25) is 0 Å². The second kappa shape index (κ2) is 7.57. The van der Waals surface area contributed by atoms with Crippen molar-refractivity contribution in [1.82, 2.24) is 4.57 Å². The second-order valence-electron chi connectivity index (χ2n) is 7.14. The van der Waals surface area contributed by atoms with Crippen molar-refractivity contribution in [2.75, 3.05) is 19.0 Å². The Kier molecular flexibility index (Phi) is 5.10. The lowest BCUT2D eigenvalue weighted by Crippen LogP contribution is -2.39. The Morgan fingerprint density at radius 3 is 2.52 bits per heavy atom. The zero-order valence-electron chi connectivity index (χ0n) is 16.7. The molecule has 0 saturated carbocycles. The first-order valence-electron chi connectivity index (χ1n) is 9.21. The van der Waals surface area contributed by atoms with Crippen LogP contribution in [0.4, 0.5) is 5.69 Å². The predicted molar refractivity (Wildman–Crippen MR) is 120 cm³/mol. The fraction of sp³-hybridized carbons (Fsp3) is 0.227. The Hall–Kier alpha value is -2.77. The lowest BCUT2D eigenvalue weighted by atomic mass is 9.93. The van der Waals surface area contributed by atoms with E-state index in [1.165, 1.54) is 18.3 Å². The van der Waals surface area contributed by atoms with Gasteiger partial charge in [0.05, 0.1) is 10.6 Å². The number of carbonyl (C=O) groups excluding carboxylic acids is 1. The predicted octanol–water partition coefficient (Wildman–Crippen LogP) is 2.95. The zero-order valence-corrected chi connectivity index (χ0v) is 18.3. The lowest BCUT2D eigenvalue weighted by molar-refractivity contribution is -0.114. The number of Topliss-reactive ketones (excluding diaryl/α,β-unsaturated/α-hetero) is 1. The average Bonchev–Trinajstić information content (AvgIpc) is 3.29. The number of anilines is 1. The number of benzene rings is 1. The summed E-state index contributed by atoms with van der Waals surface area (Å²) >= 11 is 2.95. The van der Waals surface area contributed by atoms with Crippen molar-refractivity contribution in [3.8, 4) is 0 Å². The van der Waals surface area contributed by atoms with Gasteiger partial charge in [-0.3, -0.25) is 14.2 Å². The molecule has 1 atom stereocenters. The van der Waals surface area contributed by atoms with E-state index in [2.05, 4.69) is 4.99 Å². The van der Waals surface area contributed by atoms with Crippen molar-refractivity contribution in [3.05, 3.63) is 83.2 Å². The Morgan fingerprint density at radius 1 is 1.21 bits per heavy atom. The minimum absolute atomic E-state index is 0.0690. The molecule has 4 rings (SSSR count). The van der Waals surface area contributed by atoms with E-state index in [1.807, 2.05) is 73.8 Å². The topological polar surface area (TPSA) is 54.7 Å². The van der Waals surface area contributed by atoms with Crippen molar-refractivity contribution in [2.24, 2.45) is 4.99 Å². The molecular formula is C22H21N3O2S2. The minimum atomic E-state index is -0.467. The maximum atomic E-state index is 13.3. The maximum Gasteiger partial charge on any atom is 0.271 e. The third-order valence-electron chi connectivity index (χ3n) is 4.94. The van der Waals surface area contributed by atoms with Gasteiger partial charge in [0, 0.05) is 35.9 Å². The Bertz CT molecular complexity index is 1280. The molecule has 148 valence electrons. The maximum absolute atomic E-state index is 13.3. The highest BCUT2D eigenvalue weighted by Crippen LogP contribution is 2.31. The standard InChI is InChI=1S/C22H21N3O2S2/c1-13-19(14(2)26)20(15-7-9-16(10-8-15)24(3)4)25-21(27)18(29-22(25)23-13)12-17-6-5-11-28-17/h5-12,20H,1-4H3/b18-12+/t20-/m1/s1. The number of nitrogens with zero attached hydrogens (tertiary/aromatic N) is 3. The summed E-state index contributed by atoms with van der Waals surface area (Å²) in [5, 5.41) is 1.98. The first-order valence-corrected chi connectivity index (χ1v) is 10.9. The zero-order chi connectivity index (χ0) is 20.7. The van der Waals surface area contributed by atoms with Gasteiger partial charge >= 0.3 is 0 Å². The van der Waals surface area contributed by atoms with Crippen LogP contribution in [0, 0.1) is 0 Å². The molecule has 0 fully saturated rings. The summed E-state index contributed by atoms with van der Waals surface area (Å²) in [5.41, 5.74) is 3.08. The molecule has 5 nitrogen and oxygen atoms in total. The first kappa shape index (κ1) is 19.5. The van der Waals surface area contributed by atoms with Crippen LogP contribution < -0.4 is 19.8 Å². The number of ketones is 1. The van der Waals surface area contributed by atoms with E-state index in [0.29, 0.717) is 20.6 Å². The largest absolute Gasteiger partial charge is 0.378 e. The van der Waals surface area contributed by atoms with Crippen LogP contribution in [0.2, 0.25) is 0 Å². The number of allylic oxidation sites excluding steroid dienone is 2. The molecule has 0 spiro atoms. The highest BCUT2D eigenvalue weighted by atomic mass is 32.1. The lowest BCUT2D eigenvalue weighted by Gasteiger charge is -2.25. The summed E-state index contributed by atoms with van der Waals surface area (Å²) in [6.07, 6.45) is 1.90. The van der Waals surface area contributed by atoms with Gasteiger partial charge in [-0.1, -0.05) is 29.5 Å². The summed E-state index contributed by atoms with van der Waals surface area (Å²) in [7, 11) is 3.96. The average molecular weight is 424 g/mol. The monoisotopic (exact) mass is 423 g/mol. The molecule has 0 unspecified atom stereocenters. The third kappa shape index (κ3) is 3.52. The molecule has 1 aliphatic heterocycles. The molecule has 29 heavy (non-hydrogen) atoms. The van der Waals surface area contributed by atoms with Crippen LogP contribution in [0.1, 0.15) is 30.3 Å². The highest BCUT2D eigenvalue weighted by molar-refractivity contribution is 7.11. The van der Waals surface area contributed by atoms with Crippen molar-refractivity contribution >= 4 is 40.2 Å². The van der Waals surface area contributed by atoms with Crippen LogP contribution in [-0.2, 0) is 4.79 Å². The van der Waals surface area contributed by atoms with Gasteiger partial charge in [-0.15, -0.1) is 11.3 Å². The molecular weight excluding hydrogens is 402 g/mol. The molecule has 3 aromatic rings. The number of carbonyl (C=O) groups is 1. The van der Waals surface area contributed by atoms with Crippen LogP contribution in [0.3, 0.4) is 0 Å². The van der Waals surface area contributed by atoms with Crippen molar-refractivity contribution in [1.29, 1.82) is 0 Å². The molecule has 0 saturated heterocycles. The minimum Gasteiger partial charge on any atom is -0.378 e. The van der Waals surface area contributed by atoms with E-state index >= 15 is 0 Å². The molecule has 2 aromatic heterocycles. The number of thiazole rings is 1. The third-order valence-corrected chi connectivity index (χ3v) is 6.74. The summed E-state index contributed by atoms with van der Waals surface area (Å²) in [5.74, 6) is -0.0690. The summed E-state index contributed by atoms with van der Waals surface area (Å²) in [6.45, 7) is 3.38. The fourth-order valence-electron chi connectivity index (χ4n) is 3.54.